The van der Waals surface area contributed by atoms with Crippen LogP contribution in [0.25, 0.3) is 0 Å². The van der Waals surface area contributed by atoms with Crippen molar-refractivity contribution in [3.63, 3.8) is 0 Å². The highest BCUT2D eigenvalue weighted by Gasteiger charge is 2.51. The van der Waals surface area contributed by atoms with E-state index in [0.29, 0.717) is 0 Å². The topological polar surface area (TPSA) is 36.9 Å². The van der Waals surface area contributed by atoms with Crippen LogP contribution in [0.1, 0.15) is 32.1 Å². The zero-order chi connectivity index (χ0) is 28.0. The van der Waals surface area contributed by atoms with Gasteiger partial charge in [-0.25, -0.2) is 0 Å². The van der Waals surface area contributed by atoms with E-state index < -0.39 is 15.8 Å². The van der Waals surface area contributed by atoms with Crippen LogP contribution >= 0.6 is 15.8 Å². The molecule has 4 aromatic carbocycles. The molecule has 0 aliphatic heterocycles. The van der Waals surface area contributed by atoms with Crippen molar-refractivity contribution in [2.24, 2.45) is 0 Å². The summed E-state index contributed by atoms with van der Waals surface area (Å²) in [5, 5.41) is 5.01. The third-order valence-corrected chi connectivity index (χ3v) is 15.0. The summed E-state index contributed by atoms with van der Waals surface area (Å²) < 4.78 is 24.3. The van der Waals surface area contributed by atoms with Crippen molar-refractivity contribution in [2.75, 3.05) is 28.4 Å². The highest BCUT2D eigenvalue weighted by Crippen LogP contribution is 2.72. The minimum atomic E-state index is -0.960. The van der Waals surface area contributed by atoms with Gasteiger partial charge in [0.05, 0.1) is 28.4 Å². The average Bonchev–Trinajstić information content (AvgIpc) is 3.02. The van der Waals surface area contributed by atoms with Gasteiger partial charge < -0.3 is 18.9 Å². The second kappa shape index (κ2) is 13.1. The summed E-state index contributed by atoms with van der Waals surface area (Å²) in [6.07, 6.45) is 5.77. The van der Waals surface area contributed by atoms with Crippen LogP contribution in [-0.2, 0) is 0 Å². The van der Waals surface area contributed by atoms with Gasteiger partial charge in [-0.1, -0.05) is 92.1 Å². The Morgan fingerprint density at radius 3 is 0.975 bits per heavy atom. The summed E-state index contributed by atoms with van der Waals surface area (Å²) in [5.74, 6) is 3.72. The van der Waals surface area contributed by atoms with Gasteiger partial charge >= 0.3 is 0 Å². The molecule has 0 atom stereocenters. The van der Waals surface area contributed by atoms with Crippen LogP contribution in [0.15, 0.2) is 97.1 Å². The molecule has 0 bridgehead atoms. The zero-order valence-corrected chi connectivity index (χ0v) is 25.6. The number of para-hydroxylation sites is 4. The van der Waals surface area contributed by atoms with Crippen LogP contribution in [0.3, 0.4) is 0 Å². The Labute approximate surface area is 241 Å². The molecular formula is C34H38O4P2. The van der Waals surface area contributed by atoms with E-state index in [1.165, 1.54) is 40.5 Å². The van der Waals surface area contributed by atoms with Crippen LogP contribution < -0.4 is 40.2 Å². The predicted molar refractivity (Wildman–Crippen MR) is 170 cm³/mol. The number of hydrogen-bond donors (Lipinski definition) is 0. The summed E-state index contributed by atoms with van der Waals surface area (Å²) in [5.41, 5.74) is 0. The number of rotatable bonds is 10. The number of benzene rings is 4. The molecule has 208 valence electrons. The third-order valence-electron chi connectivity index (χ3n) is 7.79. The molecule has 0 aromatic heterocycles. The van der Waals surface area contributed by atoms with Gasteiger partial charge in [-0.2, -0.15) is 0 Å². The highest BCUT2D eigenvalue weighted by atomic mass is 31.2. The van der Waals surface area contributed by atoms with Crippen molar-refractivity contribution in [2.45, 2.75) is 37.0 Å². The minimum absolute atomic E-state index is 0.102. The van der Waals surface area contributed by atoms with Gasteiger partial charge in [0.2, 0.25) is 0 Å². The lowest BCUT2D eigenvalue weighted by Crippen LogP contribution is -2.41. The van der Waals surface area contributed by atoms with Crippen LogP contribution in [-0.4, -0.2) is 33.3 Å². The van der Waals surface area contributed by atoms with Crippen LogP contribution in [0.5, 0.6) is 23.0 Å². The lowest BCUT2D eigenvalue weighted by molar-refractivity contribution is 0.416. The van der Waals surface area contributed by atoms with Gasteiger partial charge in [-0.15, -0.1) is 0 Å². The second-order valence-electron chi connectivity index (χ2n) is 9.90. The second-order valence-corrected chi connectivity index (χ2v) is 15.2. The van der Waals surface area contributed by atoms with Crippen molar-refractivity contribution in [3.05, 3.63) is 97.1 Å². The molecule has 4 nitrogen and oxygen atoms in total. The molecule has 5 rings (SSSR count). The van der Waals surface area contributed by atoms with Gasteiger partial charge in [0.15, 0.2) is 0 Å². The third kappa shape index (κ3) is 5.32. The smallest absolute Gasteiger partial charge is 0.126 e. The predicted octanol–water partition coefficient (Wildman–Crippen LogP) is 6.95. The van der Waals surface area contributed by atoms with Crippen molar-refractivity contribution >= 4 is 37.1 Å². The maximum Gasteiger partial charge on any atom is 0.126 e. The van der Waals surface area contributed by atoms with Crippen LogP contribution in [0.4, 0.5) is 0 Å². The molecule has 0 unspecified atom stereocenters. The van der Waals surface area contributed by atoms with Crippen LogP contribution in [0.2, 0.25) is 0 Å². The van der Waals surface area contributed by atoms with E-state index in [9.17, 15) is 0 Å². The number of methoxy groups -OCH3 is 4. The Morgan fingerprint density at radius 2 is 0.700 bits per heavy atom. The summed E-state index contributed by atoms with van der Waals surface area (Å²) in [6, 6.07) is 34.3. The summed E-state index contributed by atoms with van der Waals surface area (Å²) >= 11 is 0. The van der Waals surface area contributed by atoms with E-state index in [4.69, 9.17) is 18.9 Å². The molecule has 1 aliphatic carbocycles. The molecule has 1 saturated carbocycles. The SMILES string of the molecule is COc1ccccc1P(c1ccccc1OC)C1(P(c2ccccc2OC)c2ccccc2OC)CCCCC1. The fourth-order valence-electron chi connectivity index (χ4n) is 6.08. The molecule has 1 aliphatic rings. The molecule has 0 N–H and O–H groups in total. The van der Waals surface area contributed by atoms with Crippen molar-refractivity contribution < 1.29 is 18.9 Å². The molecule has 0 radical (unpaired) electrons. The summed E-state index contributed by atoms with van der Waals surface area (Å²) in [7, 11) is 5.21. The van der Waals surface area contributed by atoms with Gasteiger partial charge in [0.1, 0.15) is 23.0 Å². The van der Waals surface area contributed by atoms with E-state index in [1.54, 1.807) is 28.4 Å². The van der Waals surface area contributed by atoms with E-state index in [1.807, 2.05) is 0 Å². The molecule has 6 heteroatoms. The Morgan fingerprint density at radius 1 is 0.425 bits per heavy atom. The molecule has 0 saturated heterocycles. The largest absolute Gasteiger partial charge is 0.496 e. The normalized spacial score (nSPS) is 14.7. The Bertz CT molecular complexity index is 1220. The number of hydrogen-bond acceptors (Lipinski definition) is 4. The zero-order valence-electron chi connectivity index (χ0n) is 23.8. The van der Waals surface area contributed by atoms with Crippen molar-refractivity contribution in [1.82, 2.24) is 0 Å². The van der Waals surface area contributed by atoms with E-state index in [2.05, 4.69) is 97.1 Å². The van der Waals surface area contributed by atoms with Gasteiger partial charge in [-0.05, 0) is 53.0 Å². The quantitative estimate of drug-likeness (QED) is 0.193. The lowest BCUT2D eigenvalue weighted by Gasteiger charge is -2.50. The maximum atomic E-state index is 6.07. The summed E-state index contributed by atoms with van der Waals surface area (Å²) in [6.45, 7) is 0. The molecule has 0 amide bonds. The summed E-state index contributed by atoms with van der Waals surface area (Å²) in [4.78, 5) is -0.102. The standard InChI is InChI=1S/C34H38O4P2/c1-35-26-16-6-10-20-30(26)39(31-21-11-7-17-27(31)36-2)34(24-14-5-15-25-34)40(32-22-12-8-18-28(32)37-3)33-23-13-9-19-29(33)38-4/h6-13,16-23H,5,14-15,24-25H2,1-4H3. The first-order valence-electron chi connectivity index (χ1n) is 13.8. The van der Waals surface area contributed by atoms with Gasteiger partial charge in [-0.3, -0.25) is 0 Å². The molecular weight excluding hydrogens is 534 g/mol. The van der Waals surface area contributed by atoms with Crippen molar-refractivity contribution in [1.29, 1.82) is 0 Å². The first kappa shape index (κ1) is 28.5. The Kier molecular flexibility index (Phi) is 9.30. The first-order chi connectivity index (χ1) is 19.7. The molecule has 0 spiro atoms. The Balaban J connectivity index is 1.90. The monoisotopic (exact) mass is 572 g/mol. The number of ether oxygens (including phenoxy) is 4. The lowest BCUT2D eigenvalue weighted by atomic mass is 9.99. The van der Waals surface area contributed by atoms with Crippen LogP contribution in [0, 0.1) is 0 Å². The Hall–Kier alpha value is -3.06. The molecule has 4 aromatic rings. The first-order valence-corrected chi connectivity index (χ1v) is 16.5. The molecule has 40 heavy (non-hydrogen) atoms. The minimum Gasteiger partial charge on any atom is -0.496 e. The van der Waals surface area contributed by atoms with E-state index >= 15 is 0 Å². The maximum absolute atomic E-state index is 6.07. The van der Waals surface area contributed by atoms with Crippen molar-refractivity contribution in [3.8, 4) is 23.0 Å². The highest BCUT2D eigenvalue weighted by molar-refractivity contribution is 7.91. The van der Waals surface area contributed by atoms with E-state index in [0.717, 1.165) is 35.8 Å². The average molecular weight is 573 g/mol. The fourth-order valence-corrected chi connectivity index (χ4v) is 14.5. The van der Waals surface area contributed by atoms with Gasteiger partial charge in [0, 0.05) is 26.1 Å². The van der Waals surface area contributed by atoms with E-state index in [-0.39, 0.29) is 4.90 Å². The molecule has 1 fully saturated rings. The molecule has 0 heterocycles. The fraction of sp³-hybridized carbons (Fsp3) is 0.294. The van der Waals surface area contributed by atoms with Gasteiger partial charge in [0.25, 0.3) is 0 Å².